The first-order chi connectivity index (χ1) is 64.1. The number of cyclic esters (lactones) is 1. The molecular weight excluding hydrogens is 1850 g/mol. The van der Waals surface area contributed by atoms with E-state index in [2.05, 4.69) is 114 Å². The van der Waals surface area contributed by atoms with Gasteiger partial charge >= 0.3 is 78.2 Å². The summed E-state index contributed by atoms with van der Waals surface area (Å²) in [4.78, 5) is 117. The third-order valence-electron chi connectivity index (χ3n) is 28.7. The number of rotatable bonds is 25. The fraction of sp³-hybridized carbons (Fsp3) is 0.785. The minimum absolute atomic E-state index is 0.0239. The lowest BCUT2D eigenvalue weighted by molar-refractivity contribution is -0.221. The number of nitriles is 1. The van der Waals surface area contributed by atoms with Crippen LogP contribution in [0.3, 0.4) is 0 Å². The molecule has 5 aliphatic heterocycles. The third kappa shape index (κ3) is 37.6. The van der Waals surface area contributed by atoms with Gasteiger partial charge in [0.2, 0.25) is 12.2 Å². The first-order valence-corrected chi connectivity index (χ1v) is 49.7. The van der Waals surface area contributed by atoms with Crippen LogP contribution in [0.2, 0.25) is 0 Å². The van der Waals surface area contributed by atoms with Crippen molar-refractivity contribution in [3.8, 4) is 11.8 Å². The van der Waals surface area contributed by atoms with Crippen LogP contribution in [0.5, 0.6) is 5.75 Å². The van der Waals surface area contributed by atoms with Crippen LogP contribution in [0.25, 0.3) is 0 Å². The second-order valence-electron chi connectivity index (χ2n) is 45.0. The second kappa shape index (κ2) is 52.1. The lowest BCUT2D eigenvalue weighted by Crippen LogP contribution is -2.42. The summed E-state index contributed by atoms with van der Waals surface area (Å²) in [7, 11) is 0. The number of fused-ring (bicyclic) bond motifs is 4. The molecule has 25 nitrogen and oxygen atoms in total. The highest BCUT2D eigenvalue weighted by Crippen LogP contribution is 2.62. The number of ether oxygens (including phenoxy) is 13. The van der Waals surface area contributed by atoms with Crippen molar-refractivity contribution in [2.45, 2.75) is 467 Å². The number of nitrogens with zero attached hydrogens (tertiary/aromatic N) is 1. The fourth-order valence-electron chi connectivity index (χ4n) is 14.2. The van der Waals surface area contributed by atoms with Crippen LogP contribution >= 0.6 is 0 Å². The molecule has 0 spiro atoms. The zero-order chi connectivity index (χ0) is 109. The normalized spacial score (nSPS) is 24.4. The van der Waals surface area contributed by atoms with Crippen LogP contribution in [0, 0.1) is 77.8 Å². The van der Waals surface area contributed by atoms with Gasteiger partial charge in [-0.3, -0.25) is 38.4 Å². The third-order valence-corrected chi connectivity index (χ3v) is 28.7. The smallest absolute Gasteiger partial charge is 0.425 e. The summed E-state index contributed by atoms with van der Waals surface area (Å²) >= 11 is 0. The largest absolute Gasteiger partial charge is 0.508 e. The first kappa shape index (κ1) is 129. The number of aromatic hydroxyl groups is 1. The molecule has 2 bridgehead atoms. The molecule has 2 aromatic rings. The maximum atomic E-state index is 12.2. The van der Waals surface area contributed by atoms with Gasteiger partial charge in [-0.2, -0.15) is 44.8 Å². The molecule has 3 saturated carbocycles. The van der Waals surface area contributed by atoms with Crippen molar-refractivity contribution in [2.75, 3.05) is 6.61 Å². The van der Waals surface area contributed by atoms with Crippen LogP contribution in [0.1, 0.15) is 381 Å². The van der Waals surface area contributed by atoms with E-state index in [1.165, 1.54) is 36.0 Å². The van der Waals surface area contributed by atoms with E-state index in [9.17, 15) is 92.7 Å². The molecule has 34 heteroatoms. The van der Waals surface area contributed by atoms with Crippen molar-refractivity contribution in [2.24, 2.45) is 66.5 Å². The number of carbonyl (C=O) groups is 10. The lowest BCUT2D eigenvalue weighted by Gasteiger charge is -2.37. The summed E-state index contributed by atoms with van der Waals surface area (Å²) in [6.45, 7) is 66.0. The topological polar surface area (TPSA) is 335 Å². The van der Waals surface area contributed by atoms with E-state index in [1.807, 2.05) is 67.5 Å². The molecule has 5 saturated heterocycles. The van der Waals surface area contributed by atoms with Crippen molar-refractivity contribution in [1.82, 2.24) is 0 Å². The number of esters is 10. The maximum absolute atomic E-state index is 12.2. The van der Waals surface area contributed by atoms with Gasteiger partial charge in [0.1, 0.15) is 30.2 Å². The van der Waals surface area contributed by atoms with Gasteiger partial charge in [0.25, 0.3) is 0 Å². The molecule has 2 aromatic carbocycles. The molecule has 141 heavy (non-hydrogen) atoms. The van der Waals surface area contributed by atoms with Gasteiger partial charge in [0, 0.05) is 18.3 Å². The fourth-order valence-corrected chi connectivity index (χ4v) is 14.2. The van der Waals surface area contributed by atoms with Crippen molar-refractivity contribution < 1.29 is 154 Å². The average Bonchev–Trinajstić information content (AvgIpc) is 1.54. The zero-order valence-electron chi connectivity index (χ0n) is 90.6. The van der Waals surface area contributed by atoms with E-state index in [-0.39, 0.29) is 52.8 Å². The number of halogens is 9. The van der Waals surface area contributed by atoms with Crippen LogP contribution in [-0.4, -0.2) is 169 Å². The highest BCUT2D eigenvalue weighted by Gasteiger charge is 2.73. The van der Waals surface area contributed by atoms with E-state index in [1.54, 1.807) is 116 Å². The quantitative estimate of drug-likeness (QED) is 0.0548. The highest BCUT2D eigenvalue weighted by atomic mass is 19.4. The number of carbonyl (C=O) groups excluding carboxylic acids is 10. The molecule has 16 unspecified atom stereocenters. The zero-order valence-corrected chi connectivity index (χ0v) is 90.6. The number of hydrogen-bond acceptors (Lipinski definition) is 25. The first-order valence-electron chi connectivity index (χ1n) is 49.7. The maximum Gasteiger partial charge on any atom is 0.425 e. The molecule has 1 N–H and O–H groups in total. The van der Waals surface area contributed by atoms with E-state index in [0.717, 1.165) is 58.8 Å². The Morgan fingerprint density at radius 3 is 1.15 bits per heavy atom. The highest BCUT2D eigenvalue weighted by molar-refractivity contribution is 5.86. The van der Waals surface area contributed by atoms with E-state index >= 15 is 0 Å². The number of alkyl halides is 9. The molecule has 10 rings (SSSR count). The summed E-state index contributed by atoms with van der Waals surface area (Å²) < 4.78 is 175. The Morgan fingerprint density at radius 1 is 0.447 bits per heavy atom. The average molecular weight is 2020 g/mol. The predicted octanol–water partition coefficient (Wildman–Crippen LogP) is 25.0. The standard InChI is InChI=1S/C16H30O2.C15H19NO4.C15H22O7.C14H22.C10H16O4.C10H14O.3C9H15F3O2/c1-7-16(5,6)14(17)18-13-10-8-12(9-11-13)15(2,3)4;1-4-14(2,3)12(17)19-10-8-5-9-11(10)20-13(18)15(9,6-8)7-16;1-6-14(2,3)13(17)20-9-7-8(18-11(9)16)10-12(19-7)22-15(4,5)21-10;1-6-11(2)12-7-9-13(10-8-12)14(3,4)5;1-4-10(2,3)9(12)14-7-5-6-13-8(7)11;1-3-8(2)9-4-6-10(11)7-5-9;3*1-5-8(3,4)7(13)14-6(2)9(10,11)12/h12-13H,7-11H2,1-6H3;8-11H,4-6H2,1-3H3;7-10,12H,6H2,1-5H3;7-11H,6H2,1-5H3;7H,4-6H2,1-3H3;4-8,11H,3H2,1-2H3;3*6H,5H2,1-4H3. The summed E-state index contributed by atoms with van der Waals surface area (Å²) in [5.41, 5.74) is -0.777. The summed E-state index contributed by atoms with van der Waals surface area (Å²) in [6, 6.07) is 18.7. The van der Waals surface area contributed by atoms with Gasteiger partial charge in [0.15, 0.2) is 48.0 Å². The van der Waals surface area contributed by atoms with Crippen LogP contribution < -0.4 is 0 Å². The minimum atomic E-state index is -4.49. The van der Waals surface area contributed by atoms with Gasteiger partial charge in [-0.15, -0.1) is 0 Å². The number of phenolic OH excluding ortho intramolecular Hbond substituents is 1. The monoisotopic (exact) mass is 2020 g/mol. The summed E-state index contributed by atoms with van der Waals surface area (Å²) in [5.74, 6) is -3.36. The van der Waals surface area contributed by atoms with Crippen molar-refractivity contribution in [3.05, 3.63) is 65.2 Å². The van der Waals surface area contributed by atoms with Crippen molar-refractivity contribution >= 4 is 59.7 Å². The summed E-state index contributed by atoms with van der Waals surface area (Å²) in [6.07, 6.45) is -11.7. The van der Waals surface area contributed by atoms with Crippen LogP contribution in [0.4, 0.5) is 39.5 Å². The van der Waals surface area contributed by atoms with E-state index in [4.69, 9.17) is 52.5 Å². The Balaban J connectivity index is 0.000000541. The van der Waals surface area contributed by atoms with Gasteiger partial charge < -0.3 is 66.7 Å². The SMILES string of the molecule is CCC(C)(C)C(=O)OC(C)C(F)(F)F.CCC(C)(C)C(=O)OC(C)C(F)(F)F.CCC(C)(C)C(=O)OC(C)C(F)(F)F.CCC(C)(C)C(=O)OC1C(=O)OC2C3OC(C)(C)OC3OC12.CCC(C)(C)C(=O)OC1C2CC3C1OC(=O)C3(C#N)C2.CCC(C)(C)C(=O)OC1CCC(C(C)(C)C)CC1.CCC(C)(C)C(=O)OC1CCOC1=O.CCC(C)c1ccc(C(C)(C)C)cc1.CCC(C)c1ccc(O)cc1. The van der Waals surface area contributed by atoms with Gasteiger partial charge in [-0.05, 0) is 285 Å². The molecule has 8 aliphatic rings. The molecule has 0 amide bonds. The Bertz CT molecular complexity index is 4280. The van der Waals surface area contributed by atoms with Gasteiger partial charge in [0.05, 0.1) is 50.6 Å². The van der Waals surface area contributed by atoms with Gasteiger partial charge in [-0.25, -0.2) is 9.59 Å². The van der Waals surface area contributed by atoms with Crippen LogP contribution in [0.15, 0.2) is 48.5 Å². The number of hydrogen-bond donors (Lipinski definition) is 1. The lowest BCUT2D eigenvalue weighted by atomic mass is 9.72. The summed E-state index contributed by atoms with van der Waals surface area (Å²) in [5, 5.41) is 18.3. The molecule has 8 fully saturated rings. The Kier molecular flexibility index (Phi) is 47.6. The van der Waals surface area contributed by atoms with E-state index < -0.39 is 165 Å². The van der Waals surface area contributed by atoms with E-state index in [0.29, 0.717) is 81.0 Å². The Labute approximate surface area is 832 Å². The second-order valence-corrected chi connectivity index (χ2v) is 45.0. The molecule has 808 valence electrons. The number of benzene rings is 2. The molecule has 3 aliphatic carbocycles. The predicted molar refractivity (Wildman–Crippen MR) is 513 cm³/mol. The number of phenols is 1. The Hall–Kier alpha value is -8.32. The molecule has 5 heterocycles. The minimum Gasteiger partial charge on any atom is -0.508 e. The van der Waals surface area contributed by atoms with Crippen molar-refractivity contribution in [1.29, 1.82) is 5.26 Å². The Morgan fingerprint density at radius 2 is 0.809 bits per heavy atom. The van der Waals surface area contributed by atoms with Crippen molar-refractivity contribution in [3.63, 3.8) is 0 Å². The molecular formula is C107H168F9NO24. The van der Waals surface area contributed by atoms with Gasteiger partial charge in [-0.1, -0.05) is 154 Å². The van der Waals surface area contributed by atoms with Crippen LogP contribution in [-0.2, 0) is 115 Å². The molecule has 0 aromatic heterocycles. The molecule has 16 atom stereocenters. The molecule has 0 radical (unpaired) electrons.